The van der Waals surface area contributed by atoms with Crippen LogP contribution in [0.15, 0.2) is 41.0 Å². The van der Waals surface area contributed by atoms with Gasteiger partial charge in [0, 0.05) is 28.3 Å². The lowest BCUT2D eigenvalue weighted by Crippen LogP contribution is -2.07. The molecule has 0 fully saturated rings. The molecule has 18 heavy (non-hydrogen) atoms. The van der Waals surface area contributed by atoms with E-state index in [0.29, 0.717) is 16.1 Å². The highest BCUT2D eigenvalue weighted by atomic mass is 79.9. The normalized spacial score (nSPS) is 12.2. The highest BCUT2D eigenvalue weighted by Crippen LogP contribution is 2.28. The topological polar surface area (TPSA) is 48.1 Å². The average molecular weight is 311 g/mol. The molecular formula is C13H12BrFN2O. The number of hydrogen-bond donors (Lipinski definition) is 1. The van der Waals surface area contributed by atoms with E-state index in [9.17, 15) is 4.39 Å². The Hall–Kier alpha value is -1.46. The van der Waals surface area contributed by atoms with Gasteiger partial charge in [0.25, 0.3) is 0 Å². The maximum atomic E-state index is 13.2. The van der Waals surface area contributed by atoms with Crippen molar-refractivity contribution >= 4 is 15.9 Å². The van der Waals surface area contributed by atoms with E-state index in [1.165, 1.54) is 12.1 Å². The Morgan fingerprint density at radius 3 is 2.83 bits per heavy atom. The fourth-order valence-electron chi connectivity index (χ4n) is 1.53. The molecule has 0 spiro atoms. The Balaban J connectivity index is 2.34. The fraction of sp³-hybridized carbons (Fsp3) is 0.154. The molecule has 2 N–H and O–H groups in total. The third-order valence-corrected chi connectivity index (χ3v) is 2.80. The van der Waals surface area contributed by atoms with Gasteiger partial charge < -0.3 is 10.5 Å². The Bertz CT molecular complexity index is 540. The van der Waals surface area contributed by atoms with Gasteiger partial charge >= 0.3 is 0 Å². The van der Waals surface area contributed by atoms with Crippen molar-refractivity contribution in [3.05, 3.63) is 52.4 Å². The lowest BCUT2D eigenvalue weighted by molar-refractivity contribution is 0.447. The SMILES string of the molecule is C[C@@H](N)c1cccnc1Oc1cc(F)cc(Br)c1. The van der Waals surface area contributed by atoms with Crippen molar-refractivity contribution in [1.82, 2.24) is 4.98 Å². The number of nitrogens with two attached hydrogens (primary N) is 1. The maximum Gasteiger partial charge on any atom is 0.223 e. The summed E-state index contributed by atoms with van der Waals surface area (Å²) in [5.41, 5.74) is 6.60. The first-order valence-corrected chi connectivity index (χ1v) is 6.20. The van der Waals surface area contributed by atoms with E-state index in [0.717, 1.165) is 5.56 Å². The first-order valence-electron chi connectivity index (χ1n) is 5.40. The summed E-state index contributed by atoms with van der Waals surface area (Å²) in [5, 5.41) is 0. The molecule has 0 saturated carbocycles. The molecule has 1 heterocycles. The molecular weight excluding hydrogens is 299 g/mol. The van der Waals surface area contributed by atoms with E-state index in [1.54, 1.807) is 18.3 Å². The van der Waals surface area contributed by atoms with Gasteiger partial charge in [0.05, 0.1) is 0 Å². The summed E-state index contributed by atoms with van der Waals surface area (Å²) in [7, 11) is 0. The molecule has 2 aromatic rings. The van der Waals surface area contributed by atoms with Crippen LogP contribution in [0, 0.1) is 5.82 Å². The molecule has 0 aliphatic carbocycles. The summed E-state index contributed by atoms with van der Waals surface area (Å²) < 4.78 is 19.4. The van der Waals surface area contributed by atoms with Crippen LogP contribution in [0.5, 0.6) is 11.6 Å². The second kappa shape index (κ2) is 5.46. The van der Waals surface area contributed by atoms with Crippen LogP contribution in [0.2, 0.25) is 0 Å². The number of pyridine rings is 1. The molecule has 1 atom stereocenters. The van der Waals surface area contributed by atoms with Crippen molar-refractivity contribution < 1.29 is 9.13 Å². The first kappa shape index (κ1) is 13.0. The third kappa shape index (κ3) is 3.05. The molecule has 2 rings (SSSR count). The van der Waals surface area contributed by atoms with E-state index in [2.05, 4.69) is 20.9 Å². The van der Waals surface area contributed by atoms with E-state index in [-0.39, 0.29) is 11.9 Å². The standard InChI is InChI=1S/C13H12BrFN2O/c1-8(16)12-3-2-4-17-13(12)18-11-6-9(14)5-10(15)7-11/h2-8H,16H2,1H3/t8-/m1/s1. The fourth-order valence-corrected chi connectivity index (χ4v) is 1.98. The Labute approximate surface area is 113 Å². The van der Waals surface area contributed by atoms with E-state index in [1.807, 2.05) is 13.0 Å². The number of ether oxygens (including phenoxy) is 1. The number of aromatic nitrogens is 1. The summed E-state index contributed by atoms with van der Waals surface area (Å²) in [6, 6.07) is 7.74. The van der Waals surface area contributed by atoms with E-state index in [4.69, 9.17) is 10.5 Å². The van der Waals surface area contributed by atoms with E-state index >= 15 is 0 Å². The van der Waals surface area contributed by atoms with Crippen molar-refractivity contribution in [1.29, 1.82) is 0 Å². The molecule has 0 aliphatic heterocycles. The lowest BCUT2D eigenvalue weighted by atomic mass is 10.1. The highest BCUT2D eigenvalue weighted by Gasteiger charge is 2.10. The van der Waals surface area contributed by atoms with Gasteiger partial charge in [0.1, 0.15) is 11.6 Å². The van der Waals surface area contributed by atoms with Gasteiger partial charge in [-0.2, -0.15) is 0 Å². The summed E-state index contributed by atoms with van der Waals surface area (Å²) >= 11 is 3.21. The molecule has 1 aromatic carbocycles. The molecule has 0 unspecified atom stereocenters. The van der Waals surface area contributed by atoms with E-state index < -0.39 is 0 Å². The molecule has 0 bridgehead atoms. The van der Waals surface area contributed by atoms with Gasteiger partial charge in [-0.3, -0.25) is 0 Å². The molecule has 3 nitrogen and oxygen atoms in total. The Morgan fingerprint density at radius 1 is 1.39 bits per heavy atom. The summed E-state index contributed by atoms with van der Waals surface area (Å²) in [6.07, 6.45) is 1.61. The lowest BCUT2D eigenvalue weighted by Gasteiger charge is -2.12. The van der Waals surface area contributed by atoms with Gasteiger partial charge in [-0.05, 0) is 25.1 Å². The van der Waals surface area contributed by atoms with Crippen LogP contribution in [0.25, 0.3) is 0 Å². The summed E-state index contributed by atoms with van der Waals surface area (Å²) in [4.78, 5) is 4.11. The van der Waals surface area contributed by atoms with Crippen molar-refractivity contribution in [2.45, 2.75) is 13.0 Å². The van der Waals surface area contributed by atoms with Gasteiger partial charge in [-0.15, -0.1) is 0 Å². The zero-order valence-corrected chi connectivity index (χ0v) is 11.3. The smallest absolute Gasteiger partial charge is 0.223 e. The predicted octanol–water partition coefficient (Wildman–Crippen LogP) is 3.80. The Kier molecular flexibility index (Phi) is 3.93. The quantitative estimate of drug-likeness (QED) is 0.938. The van der Waals surface area contributed by atoms with Gasteiger partial charge in [0.2, 0.25) is 5.88 Å². The van der Waals surface area contributed by atoms with Crippen molar-refractivity contribution in [2.24, 2.45) is 5.73 Å². The molecule has 0 aliphatic rings. The van der Waals surface area contributed by atoms with Crippen molar-refractivity contribution in [3.8, 4) is 11.6 Å². The minimum atomic E-state index is -0.377. The number of hydrogen-bond acceptors (Lipinski definition) is 3. The van der Waals surface area contributed by atoms with Crippen LogP contribution < -0.4 is 10.5 Å². The maximum absolute atomic E-state index is 13.2. The van der Waals surface area contributed by atoms with Crippen LogP contribution >= 0.6 is 15.9 Å². The molecule has 1 aromatic heterocycles. The van der Waals surface area contributed by atoms with Crippen LogP contribution in [-0.4, -0.2) is 4.98 Å². The summed E-state index contributed by atoms with van der Waals surface area (Å²) in [6.45, 7) is 1.84. The minimum absolute atomic E-state index is 0.203. The number of nitrogens with zero attached hydrogens (tertiary/aromatic N) is 1. The van der Waals surface area contributed by atoms with Crippen LogP contribution in [-0.2, 0) is 0 Å². The predicted molar refractivity (Wildman–Crippen MR) is 71.0 cm³/mol. The van der Waals surface area contributed by atoms with Crippen LogP contribution in [0.3, 0.4) is 0 Å². The average Bonchev–Trinajstić information content (AvgIpc) is 2.27. The molecule has 0 saturated heterocycles. The van der Waals surface area contributed by atoms with Crippen molar-refractivity contribution in [3.63, 3.8) is 0 Å². The van der Waals surface area contributed by atoms with Gasteiger partial charge in [-0.1, -0.05) is 22.0 Å². The second-order valence-corrected chi connectivity index (χ2v) is 4.81. The number of halogens is 2. The third-order valence-electron chi connectivity index (χ3n) is 2.34. The van der Waals surface area contributed by atoms with Crippen molar-refractivity contribution in [2.75, 3.05) is 0 Å². The molecule has 94 valence electrons. The molecule has 0 amide bonds. The Morgan fingerprint density at radius 2 is 2.17 bits per heavy atom. The number of rotatable bonds is 3. The van der Waals surface area contributed by atoms with Crippen LogP contribution in [0.1, 0.15) is 18.5 Å². The first-order chi connectivity index (χ1) is 8.56. The van der Waals surface area contributed by atoms with Crippen LogP contribution in [0.4, 0.5) is 4.39 Å². The molecule has 0 radical (unpaired) electrons. The highest BCUT2D eigenvalue weighted by molar-refractivity contribution is 9.10. The minimum Gasteiger partial charge on any atom is -0.439 e. The van der Waals surface area contributed by atoms with Gasteiger partial charge in [-0.25, -0.2) is 9.37 Å². The van der Waals surface area contributed by atoms with Gasteiger partial charge in [0.15, 0.2) is 0 Å². The zero-order valence-electron chi connectivity index (χ0n) is 9.73. The monoisotopic (exact) mass is 310 g/mol. The second-order valence-electron chi connectivity index (χ2n) is 3.89. The summed E-state index contributed by atoms with van der Waals surface area (Å²) in [5.74, 6) is 0.394. The molecule has 5 heteroatoms. The largest absolute Gasteiger partial charge is 0.439 e. The number of benzene rings is 1. The zero-order chi connectivity index (χ0) is 13.1.